The van der Waals surface area contributed by atoms with Crippen molar-refractivity contribution in [2.24, 2.45) is 5.92 Å². The molecular weight excluding hydrogens is 326 g/mol. The van der Waals surface area contributed by atoms with Crippen molar-refractivity contribution < 1.29 is 4.74 Å². The highest BCUT2D eigenvalue weighted by Gasteiger charge is 2.21. The second-order valence-corrected chi connectivity index (χ2v) is 7.01. The molecule has 2 rings (SSSR count). The number of benzene rings is 1. The van der Waals surface area contributed by atoms with Crippen molar-refractivity contribution in [3.63, 3.8) is 0 Å². The van der Waals surface area contributed by atoms with Crippen LogP contribution in [0.1, 0.15) is 63.5 Å². The molecular formula is C18H28BrNO. The smallest absolute Gasteiger partial charge is 0.123 e. The SMILES string of the molecule is CCNC(CC1CCCCCC1)c1cc(Br)ccc1OC. The topological polar surface area (TPSA) is 21.3 Å². The molecule has 1 unspecified atom stereocenters. The third-order valence-electron chi connectivity index (χ3n) is 4.56. The van der Waals surface area contributed by atoms with Crippen molar-refractivity contribution in [2.45, 2.75) is 57.9 Å². The number of hydrogen-bond donors (Lipinski definition) is 1. The molecule has 1 aliphatic carbocycles. The lowest BCUT2D eigenvalue weighted by atomic mass is 9.89. The fraction of sp³-hybridized carbons (Fsp3) is 0.667. The summed E-state index contributed by atoms with van der Waals surface area (Å²) in [4.78, 5) is 0. The van der Waals surface area contributed by atoms with Gasteiger partial charge in [0.15, 0.2) is 0 Å². The molecule has 1 N–H and O–H groups in total. The lowest BCUT2D eigenvalue weighted by molar-refractivity contribution is 0.345. The summed E-state index contributed by atoms with van der Waals surface area (Å²) in [6.45, 7) is 3.18. The molecule has 2 nitrogen and oxygen atoms in total. The zero-order valence-corrected chi connectivity index (χ0v) is 14.9. The van der Waals surface area contributed by atoms with Gasteiger partial charge in [-0.25, -0.2) is 0 Å². The maximum atomic E-state index is 5.58. The lowest BCUT2D eigenvalue weighted by Crippen LogP contribution is -2.24. The van der Waals surface area contributed by atoms with Crippen LogP contribution >= 0.6 is 15.9 Å². The Morgan fingerprint density at radius 3 is 2.57 bits per heavy atom. The van der Waals surface area contributed by atoms with Gasteiger partial charge in [-0.05, 0) is 37.1 Å². The Bertz CT molecular complexity index is 427. The average Bonchev–Trinajstić information content (AvgIpc) is 2.75. The minimum atomic E-state index is 0.394. The molecule has 0 spiro atoms. The van der Waals surface area contributed by atoms with Crippen molar-refractivity contribution in [2.75, 3.05) is 13.7 Å². The van der Waals surface area contributed by atoms with Crippen molar-refractivity contribution >= 4 is 15.9 Å². The highest BCUT2D eigenvalue weighted by molar-refractivity contribution is 9.10. The number of halogens is 1. The summed E-state index contributed by atoms with van der Waals surface area (Å²) < 4.78 is 6.71. The molecule has 0 amide bonds. The molecule has 1 aromatic rings. The molecule has 0 bridgehead atoms. The van der Waals surface area contributed by atoms with E-state index in [4.69, 9.17) is 4.74 Å². The van der Waals surface area contributed by atoms with Crippen LogP contribution in [0.2, 0.25) is 0 Å². The summed E-state index contributed by atoms with van der Waals surface area (Å²) in [5.41, 5.74) is 1.29. The van der Waals surface area contributed by atoms with Crippen LogP contribution in [0, 0.1) is 5.92 Å². The second-order valence-electron chi connectivity index (χ2n) is 6.09. The average molecular weight is 354 g/mol. The second kappa shape index (κ2) is 8.79. The summed E-state index contributed by atoms with van der Waals surface area (Å²) >= 11 is 3.60. The number of rotatable bonds is 6. The van der Waals surface area contributed by atoms with Gasteiger partial charge in [0.2, 0.25) is 0 Å². The van der Waals surface area contributed by atoms with Crippen molar-refractivity contribution in [3.8, 4) is 5.75 Å². The monoisotopic (exact) mass is 353 g/mol. The molecule has 0 aromatic heterocycles. The van der Waals surface area contributed by atoms with E-state index in [-0.39, 0.29) is 0 Å². The molecule has 0 aliphatic heterocycles. The van der Waals surface area contributed by atoms with E-state index >= 15 is 0 Å². The van der Waals surface area contributed by atoms with E-state index in [1.807, 2.05) is 0 Å². The third-order valence-corrected chi connectivity index (χ3v) is 5.05. The van der Waals surface area contributed by atoms with E-state index in [9.17, 15) is 0 Å². The molecule has 0 radical (unpaired) electrons. The van der Waals surface area contributed by atoms with E-state index in [0.717, 1.165) is 22.7 Å². The van der Waals surface area contributed by atoms with Crippen LogP contribution in [0.3, 0.4) is 0 Å². The highest BCUT2D eigenvalue weighted by Crippen LogP contribution is 2.35. The predicted molar refractivity (Wildman–Crippen MR) is 92.9 cm³/mol. The Kier molecular flexibility index (Phi) is 7.05. The van der Waals surface area contributed by atoms with E-state index in [1.165, 1.54) is 50.5 Å². The zero-order chi connectivity index (χ0) is 15.1. The van der Waals surface area contributed by atoms with E-state index in [0.29, 0.717) is 6.04 Å². The summed E-state index contributed by atoms with van der Waals surface area (Å²) in [5, 5.41) is 3.67. The van der Waals surface area contributed by atoms with E-state index < -0.39 is 0 Å². The molecule has 1 saturated carbocycles. The van der Waals surface area contributed by atoms with Gasteiger partial charge in [0.05, 0.1) is 7.11 Å². The van der Waals surface area contributed by atoms with Gasteiger partial charge in [-0.15, -0.1) is 0 Å². The Balaban J connectivity index is 2.15. The first kappa shape index (κ1) is 16.8. The van der Waals surface area contributed by atoms with Gasteiger partial charge in [-0.3, -0.25) is 0 Å². The van der Waals surface area contributed by atoms with Crippen LogP contribution in [0.25, 0.3) is 0 Å². The summed E-state index contributed by atoms with van der Waals surface area (Å²) in [7, 11) is 1.77. The number of methoxy groups -OCH3 is 1. The van der Waals surface area contributed by atoms with Crippen molar-refractivity contribution in [3.05, 3.63) is 28.2 Å². The largest absolute Gasteiger partial charge is 0.496 e. The van der Waals surface area contributed by atoms with Gasteiger partial charge in [0.25, 0.3) is 0 Å². The van der Waals surface area contributed by atoms with Gasteiger partial charge in [-0.2, -0.15) is 0 Å². The van der Waals surface area contributed by atoms with Gasteiger partial charge in [0.1, 0.15) is 5.75 Å². The summed E-state index contributed by atoms with van der Waals surface area (Å²) in [6, 6.07) is 6.72. The van der Waals surface area contributed by atoms with Crippen LogP contribution < -0.4 is 10.1 Å². The normalized spacial score (nSPS) is 18.2. The zero-order valence-electron chi connectivity index (χ0n) is 13.3. The molecule has 1 aliphatic rings. The van der Waals surface area contributed by atoms with Gasteiger partial charge in [0, 0.05) is 16.1 Å². The van der Waals surface area contributed by atoms with Crippen molar-refractivity contribution in [1.82, 2.24) is 5.32 Å². The lowest BCUT2D eigenvalue weighted by Gasteiger charge is -2.25. The first-order valence-electron chi connectivity index (χ1n) is 8.31. The fourth-order valence-corrected chi connectivity index (χ4v) is 3.86. The van der Waals surface area contributed by atoms with Crippen molar-refractivity contribution in [1.29, 1.82) is 0 Å². The number of hydrogen-bond acceptors (Lipinski definition) is 2. The molecule has 3 heteroatoms. The third kappa shape index (κ3) is 5.00. The summed E-state index contributed by atoms with van der Waals surface area (Å²) in [5.74, 6) is 1.85. The highest BCUT2D eigenvalue weighted by atomic mass is 79.9. The molecule has 0 heterocycles. The van der Waals surface area contributed by atoms with Gasteiger partial charge >= 0.3 is 0 Å². The van der Waals surface area contributed by atoms with E-state index in [1.54, 1.807) is 7.11 Å². The summed E-state index contributed by atoms with van der Waals surface area (Å²) in [6.07, 6.45) is 9.64. The first-order valence-corrected chi connectivity index (χ1v) is 9.10. The standard InChI is InChI=1S/C18H28BrNO/c1-3-20-17(12-14-8-6-4-5-7-9-14)16-13-15(19)10-11-18(16)21-2/h10-11,13-14,17,20H,3-9,12H2,1-2H3. The van der Waals surface area contributed by atoms with Crippen LogP contribution in [-0.4, -0.2) is 13.7 Å². The predicted octanol–water partition coefficient (Wildman–Crippen LogP) is 5.47. The maximum Gasteiger partial charge on any atom is 0.123 e. The van der Waals surface area contributed by atoms with Gasteiger partial charge in [-0.1, -0.05) is 61.4 Å². The Hall–Kier alpha value is -0.540. The van der Waals surface area contributed by atoms with Crippen LogP contribution in [0.4, 0.5) is 0 Å². The molecule has 1 aromatic carbocycles. The number of nitrogens with one attached hydrogen (secondary N) is 1. The van der Waals surface area contributed by atoms with Crippen LogP contribution in [-0.2, 0) is 0 Å². The van der Waals surface area contributed by atoms with E-state index in [2.05, 4.69) is 46.4 Å². The van der Waals surface area contributed by atoms with Crippen LogP contribution in [0.15, 0.2) is 22.7 Å². The Labute approximate surface area is 137 Å². The quantitative estimate of drug-likeness (QED) is 0.684. The molecule has 118 valence electrons. The van der Waals surface area contributed by atoms with Crippen LogP contribution in [0.5, 0.6) is 5.75 Å². The molecule has 0 saturated heterocycles. The minimum absolute atomic E-state index is 0.394. The van der Waals surface area contributed by atoms with Gasteiger partial charge < -0.3 is 10.1 Å². The minimum Gasteiger partial charge on any atom is -0.496 e. The fourth-order valence-electron chi connectivity index (χ4n) is 3.48. The maximum absolute atomic E-state index is 5.58. The molecule has 21 heavy (non-hydrogen) atoms. The Morgan fingerprint density at radius 1 is 1.24 bits per heavy atom. The molecule has 1 fully saturated rings. The molecule has 1 atom stereocenters. The Morgan fingerprint density at radius 2 is 1.95 bits per heavy atom. The number of ether oxygens (including phenoxy) is 1. The first-order chi connectivity index (χ1) is 10.2.